The first-order valence-electron chi connectivity index (χ1n) is 8.05. The van der Waals surface area contributed by atoms with Gasteiger partial charge in [-0.05, 0) is 29.8 Å². The zero-order valence-electron chi connectivity index (χ0n) is 13.5. The Balaban J connectivity index is 1.76. The van der Waals surface area contributed by atoms with Crippen LogP contribution in [0.4, 0.5) is 0 Å². The summed E-state index contributed by atoms with van der Waals surface area (Å²) < 4.78 is 11.1. The highest BCUT2D eigenvalue weighted by Crippen LogP contribution is 2.25. The minimum atomic E-state index is 0.00735. The Labute approximate surface area is 141 Å². The minimum Gasteiger partial charge on any atom is -0.491 e. The number of aliphatic hydroxyl groups is 1. The lowest BCUT2D eigenvalue weighted by Crippen LogP contribution is -2.32. The van der Waals surface area contributed by atoms with E-state index in [0.29, 0.717) is 38.5 Å². The van der Waals surface area contributed by atoms with Crippen LogP contribution < -0.4 is 4.74 Å². The average molecular weight is 327 g/mol. The second kappa shape index (κ2) is 7.95. The smallest absolute Gasteiger partial charge is 0.254 e. The number of nitrogens with zero attached hydrogens (tertiary/aromatic N) is 1. The van der Waals surface area contributed by atoms with E-state index >= 15 is 0 Å². The Morgan fingerprint density at radius 3 is 2.83 bits per heavy atom. The van der Waals surface area contributed by atoms with E-state index in [-0.39, 0.29) is 12.5 Å². The van der Waals surface area contributed by atoms with Crippen molar-refractivity contribution in [2.75, 3.05) is 26.4 Å². The number of carbonyl (C=O) groups is 1. The van der Waals surface area contributed by atoms with Gasteiger partial charge in [0.2, 0.25) is 0 Å². The van der Waals surface area contributed by atoms with Crippen LogP contribution in [-0.2, 0) is 17.9 Å². The van der Waals surface area contributed by atoms with Crippen LogP contribution in [0.2, 0.25) is 0 Å². The van der Waals surface area contributed by atoms with Gasteiger partial charge in [0.25, 0.3) is 5.91 Å². The number of benzene rings is 2. The first kappa shape index (κ1) is 16.5. The highest BCUT2D eigenvalue weighted by Gasteiger charge is 2.21. The van der Waals surface area contributed by atoms with Crippen LogP contribution in [0.5, 0.6) is 5.75 Å². The average Bonchev–Trinajstić information content (AvgIpc) is 2.84. The van der Waals surface area contributed by atoms with Crippen LogP contribution >= 0.6 is 0 Å². The summed E-state index contributed by atoms with van der Waals surface area (Å²) in [6, 6.07) is 15.2. The second-order valence-electron chi connectivity index (χ2n) is 5.66. The Hall–Kier alpha value is -2.37. The summed E-state index contributed by atoms with van der Waals surface area (Å²) in [6.07, 6.45) is 0. The molecule has 0 saturated carbocycles. The highest BCUT2D eigenvalue weighted by atomic mass is 16.5. The summed E-state index contributed by atoms with van der Waals surface area (Å²) in [5.41, 5.74) is 2.66. The molecule has 24 heavy (non-hydrogen) atoms. The van der Waals surface area contributed by atoms with Crippen molar-refractivity contribution < 1.29 is 19.4 Å². The summed E-state index contributed by atoms with van der Waals surface area (Å²) in [4.78, 5) is 14.5. The third-order valence-electron chi connectivity index (χ3n) is 3.92. The third kappa shape index (κ3) is 3.93. The fourth-order valence-corrected chi connectivity index (χ4v) is 2.73. The number of fused-ring (bicyclic) bond motifs is 1. The van der Waals surface area contributed by atoms with Gasteiger partial charge < -0.3 is 19.5 Å². The van der Waals surface area contributed by atoms with Gasteiger partial charge in [0.05, 0.1) is 26.4 Å². The van der Waals surface area contributed by atoms with Crippen molar-refractivity contribution in [2.24, 2.45) is 0 Å². The molecule has 1 aliphatic rings. The second-order valence-corrected chi connectivity index (χ2v) is 5.66. The monoisotopic (exact) mass is 327 g/mol. The highest BCUT2D eigenvalue weighted by molar-refractivity contribution is 5.94. The number of hydrogen-bond donors (Lipinski definition) is 1. The molecule has 2 aromatic rings. The van der Waals surface area contributed by atoms with E-state index in [0.717, 1.165) is 16.9 Å². The molecular formula is C19H21NO4. The molecule has 1 amide bonds. The molecule has 1 N–H and O–H groups in total. The standard InChI is InChI=1S/C19H21NO4/c21-9-11-23-14-15-6-7-18-17(12-15)13-20(8-10-24-18)19(22)16-4-2-1-3-5-16/h1-7,12,21H,8-11,13-14H2. The molecule has 0 radical (unpaired) electrons. The first-order valence-corrected chi connectivity index (χ1v) is 8.05. The zero-order chi connectivity index (χ0) is 16.8. The summed E-state index contributed by atoms with van der Waals surface area (Å²) >= 11 is 0. The van der Waals surface area contributed by atoms with Gasteiger partial charge in [0, 0.05) is 17.7 Å². The Bertz CT molecular complexity index is 687. The van der Waals surface area contributed by atoms with Crippen molar-refractivity contribution >= 4 is 5.91 Å². The normalized spacial score (nSPS) is 13.8. The van der Waals surface area contributed by atoms with E-state index in [2.05, 4.69) is 0 Å². The number of aliphatic hydroxyl groups excluding tert-OH is 1. The summed E-state index contributed by atoms with van der Waals surface area (Å²) in [6.45, 7) is 2.29. The Morgan fingerprint density at radius 2 is 2.04 bits per heavy atom. The molecule has 126 valence electrons. The lowest BCUT2D eigenvalue weighted by Gasteiger charge is -2.20. The molecule has 5 heteroatoms. The van der Waals surface area contributed by atoms with Crippen molar-refractivity contribution in [3.63, 3.8) is 0 Å². The molecule has 0 saturated heterocycles. The van der Waals surface area contributed by atoms with Gasteiger partial charge in [-0.2, -0.15) is 0 Å². The van der Waals surface area contributed by atoms with E-state index < -0.39 is 0 Å². The molecule has 0 unspecified atom stereocenters. The predicted molar refractivity (Wildman–Crippen MR) is 89.9 cm³/mol. The number of carbonyl (C=O) groups excluding carboxylic acids is 1. The number of amides is 1. The van der Waals surface area contributed by atoms with Crippen LogP contribution in [0.3, 0.4) is 0 Å². The van der Waals surface area contributed by atoms with E-state index in [1.54, 1.807) is 4.90 Å². The molecular weight excluding hydrogens is 306 g/mol. The van der Waals surface area contributed by atoms with Crippen LogP contribution in [0.25, 0.3) is 0 Å². The van der Waals surface area contributed by atoms with Gasteiger partial charge in [0.15, 0.2) is 0 Å². The Kier molecular flexibility index (Phi) is 5.46. The molecule has 5 nitrogen and oxygen atoms in total. The number of hydrogen-bond acceptors (Lipinski definition) is 4. The number of rotatable bonds is 5. The maximum atomic E-state index is 12.7. The van der Waals surface area contributed by atoms with Crippen molar-refractivity contribution in [3.05, 3.63) is 65.2 Å². The van der Waals surface area contributed by atoms with Crippen LogP contribution in [0.1, 0.15) is 21.5 Å². The topological polar surface area (TPSA) is 59.0 Å². The molecule has 1 aliphatic heterocycles. The summed E-state index contributed by atoms with van der Waals surface area (Å²) in [5, 5.41) is 8.79. The maximum absolute atomic E-state index is 12.7. The molecule has 0 atom stereocenters. The molecule has 2 aromatic carbocycles. The molecule has 0 aromatic heterocycles. The molecule has 1 heterocycles. The molecule has 0 fully saturated rings. The van der Waals surface area contributed by atoms with Gasteiger partial charge in [-0.15, -0.1) is 0 Å². The molecule has 0 aliphatic carbocycles. The SMILES string of the molecule is O=C(c1ccccc1)N1CCOc2ccc(COCCO)cc2C1. The minimum absolute atomic E-state index is 0.00735. The van der Waals surface area contributed by atoms with E-state index in [1.165, 1.54) is 0 Å². The van der Waals surface area contributed by atoms with E-state index in [9.17, 15) is 4.79 Å². The Morgan fingerprint density at radius 1 is 1.21 bits per heavy atom. The largest absolute Gasteiger partial charge is 0.491 e. The first-order chi connectivity index (χ1) is 11.8. The summed E-state index contributed by atoms with van der Waals surface area (Å²) in [7, 11) is 0. The lowest BCUT2D eigenvalue weighted by atomic mass is 10.1. The van der Waals surface area contributed by atoms with Gasteiger partial charge in [-0.3, -0.25) is 4.79 Å². The summed E-state index contributed by atoms with van der Waals surface area (Å²) in [5.74, 6) is 0.818. The molecule has 0 spiro atoms. The fourth-order valence-electron chi connectivity index (χ4n) is 2.73. The van der Waals surface area contributed by atoms with E-state index in [1.807, 2.05) is 48.5 Å². The maximum Gasteiger partial charge on any atom is 0.254 e. The molecule has 0 bridgehead atoms. The van der Waals surface area contributed by atoms with Crippen LogP contribution in [0.15, 0.2) is 48.5 Å². The van der Waals surface area contributed by atoms with Gasteiger partial charge in [-0.1, -0.05) is 24.3 Å². The van der Waals surface area contributed by atoms with E-state index in [4.69, 9.17) is 14.6 Å². The number of ether oxygens (including phenoxy) is 2. The van der Waals surface area contributed by atoms with Crippen LogP contribution in [0, 0.1) is 0 Å². The van der Waals surface area contributed by atoms with Crippen molar-refractivity contribution in [1.29, 1.82) is 0 Å². The fraction of sp³-hybridized carbons (Fsp3) is 0.316. The van der Waals surface area contributed by atoms with Gasteiger partial charge >= 0.3 is 0 Å². The molecule has 3 rings (SSSR count). The quantitative estimate of drug-likeness (QED) is 0.856. The van der Waals surface area contributed by atoms with Gasteiger partial charge in [-0.25, -0.2) is 0 Å². The lowest BCUT2D eigenvalue weighted by molar-refractivity contribution is 0.0732. The van der Waals surface area contributed by atoms with Crippen molar-refractivity contribution in [3.8, 4) is 5.75 Å². The van der Waals surface area contributed by atoms with Crippen molar-refractivity contribution in [2.45, 2.75) is 13.2 Å². The third-order valence-corrected chi connectivity index (χ3v) is 3.92. The van der Waals surface area contributed by atoms with Crippen LogP contribution in [-0.4, -0.2) is 42.3 Å². The van der Waals surface area contributed by atoms with Crippen molar-refractivity contribution in [1.82, 2.24) is 4.90 Å². The van der Waals surface area contributed by atoms with Gasteiger partial charge in [0.1, 0.15) is 12.4 Å². The predicted octanol–water partition coefficient (Wildman–Crippen LogP) is 2.23. The zero-order valence-corrected chi connectivity index (χ0v) is 13.5.